The molecule has 2 heterocycles. The Kier molecular flexibility index (Phi) is 4.66. The molecule has 0 N–H and O–H groups in total. The van der Waals surface area contributed by atoms with Crippen molar-refractivity contribution in [3.8, 4) is 11.4 Å². The van der Waals surface area contributed by atoms with Gasteiger partial charge in [-0.3, -0.25) is 4.79 Å². The molecular formula is C16H18FN3O3. The highest BCUT2D eigenvalue weighted by Crippen LogP contribution is 2.27. The SMILES string of the molecule is COCC(=O)N1CCCC(c2nc(-c3ccc(F)cc3)no2)C1. The van der Waals surface area contributed by atoms with E-state index in [1.165, 1.54) is 19.2 Å². The maximum absolute atomic E-state index is 13.0. The number of hydrogen-bond acceptors (Lipinski definition) is 5. The zero-order valence-electron chi connectivity index (χ0n) is 12.9. The van der Waals surface area contributed by atoms with Gasteiger partial charge >= 0.3 is 0 Å². The summed E-state index contributed by atoms with van der Waals surface area (Å²) in [4.78, 5) is 18.1. The minimum absolute atomic E-state index is 0.0197. The first-order valence-electron chi connectivity index (χ1n) is 7.53. The number of methoxy groups -OCH3 is 1. The Hall–Kier alpha value is -2.28. The van der Waals surface area contributed by atoms with Gasteiger partial charge in [-0.05, 0) is 37.1 Å². The van der Waals surface area contributed by atoms with Crippen LogP contribution in [0.5, 0.6) is 0 Å². The van der Waals surface area contributed by atoms with Crippen LogP contribution >= 0.6 is 0 Å². The predicted molar refractivity (Wildman–Crippen MR) is 80.1 cm³/mol. The van der Waals surface area contributed by atoms with E-state index in [0.29, 0.717) is 23.8 Å². The molecule has 2 aromatic rings. The summed E-state index contributed by atoms with van der Waals surface area (Å²) in [5.74, 6) is 0.623. The average molecular weight is 319 g/mol. The molecule has 1 aromatic carbocycles. The minimum atomic E-state index is -0.308. The molecule has 122 valence electrons. The summed E-state index contributed by atoms with van der Waals surface area (Å²) in [7, 11) is 1.51. The van der Waals surface area contributed by atoms with Crippen LogP contribution in [0.3, 0.4) is 0 Å². The van der Waals surface area contributed by atoms with Gasteiger partial charge in [0.1, 0.15) is 12.4 Å². The minimum Gasteiger partial charge on any atom is -0.375 e. The molecule has 1 unspecified atom stereocenters. The van der Waals surface area contributed by atoms with E-state index >= 15 is 0 Å². The van der Waals surface area contributed by atoms with Gasteiger partial charge in [0.2, 0.25) is 17.6 Å². The van der Waals surface area contributed by atoms with Crippen molar-refractivity contribution in [2.45, 2.75) is 18.8 Å². The van der Waals surface area contributed by atoms with E-state index in [1.807, 2.05) is 0 Å². The van der Waals surface area contributed by atoms with Crippen molar-refractivity contribution in [2.75, 3.05) is 26.8 Å². The van der Waals surface area contributed by atoms with Crippen molar-refractivity contribution < 1.29 is 18.4 Å². The van der Waals surface area contributed by atoms with Crippen LogP contribution in [-0.4, -0.2) is 47.8 Å². The van der Waals surface area contributed by atoms with Gasteiger partial charge in [0.25, 0.3) is 0 Å². The van der Waals surface area contributed by atoms with E-state index in [2.05, 4.69) is 10.1 Å². The third-order valence-corrected chi connectivity index (χ3v) is 3.94. The van der Waals surface area contributed by atoms with Gasteiger partial charge in [0.05, 0.1) is 5.92 Å². The van der Waals surface area contributed by atoms with Crippen molar-refractivity contribution in [2.24, 2.45) is 0 Å². The number of nitrogens with zero attached hydrogens (tertiary/aromatic N) is 3. The van der Waals surface area contributed by atoms with Gasteiger partial charge in [-0.1, -0.05) is 5.16 Å². The normalized spacial score (nSPS) is 18.2. The zero-order valence-corrected chi connectivity index (χ0v) is 12.9. The number of carbonyl (C=O) groups is 1. The molecule has 0 bridgehead atoms. The maximum Gasteiger partial charge on any atom is 0.248 e. The molecule has 1 amide bonds. The first kappa shape index (κ1) is 15.6. The van der Waals surface area contributed by atoms with Crippen molar-refractivity contribution in [1.29, 1.82) is 0 Å². The molecule has 1 aromatic heterocycles. The fourth-order valence-electron chi connectivity index (χ4n) is 2.74. The molecule has 1 aliphatic heterocycles. The van der Waals surface area contributed by atoms with E-state index in [-0.39, 0.29) is 24.2 Å². The Morgan fingerprint density at radius 2 is 2.22 bits per heavy atom. The predicted octanol–water partition coefficient (Wildman–Crippen LogP) is 2.23. The second-order valence-corrected chi connectivity index (χ2v) is 5.58. The zero-order chi connectivity index (χ0) is 16.2. The molecule has 1 atom stereocenters. The molecule has 0 spiro atoms. The van der Waals surface area contributed by atoms with Crippen LogP contribution in [0.1, 0.15) is 24.7 Å². The molecule has 7 heteroatoms. The summed E-state index contributed by atoms with van der Waals surface area (Å²) >= 11 is 0. The molecule has 23 heavy (non-hydrogen) atoms. The lowest BCUT2D eigenvalue weighted by atomic mass is 9.98. The number of aromatic nitrogens is 2. The Morgan fingerprint density at radius 1 is 1.43 bits per heavy atom. The monoisotopic (exact) mass is 319 g/mol. The fraction of sp³-hybridized carbons (Fsp3) is 0.438. The van der Waals surface area contributed by atoms with Gasteiger partial charge in [0.15, 0.2) is 0 Å². The number of ether oxygens (including phenoxy) is 1. The summed E-state index contributed by atoms with van der Waals surface area (Å²) in [6, 6.07) is 5.94. The van der Waals surface area contributed by atoms with Crippen LogP contribution in [0.25, 0.3) is 11.4 Å². The molecule has 0 radical (unpaired) electrons. The van der Waals surface area contributed by atoms with Gasteiger partial charge in [-0.2, -0.15) is 4.98 Å². The Labute approximate surface area is 133 Å². The molecule has 1 saturated heterocycles. The highest BCUT2D eigenvalue weighted by molar-refractivity contribution is 5.77. The van der Waals surface area contributed by atoms with Crippen molar-refractivity contribution >= 4 is 5.91 Å². The van der Waals surface area contributed by atoms with Crippen LogP contribution in [0, 0.1) is 5.82 Å². The lowest BCUT2D eigenvalue weighted by Gasteiger charge is -2.30. The van der Waals surface area contributed by atoms with Crippen LogP contribution in [0.2, 0.25) is 0 Å². The molecule has 6 nitrogen and oxygen atoms in total. The Balaban J connectivity index is 1.72. The molecule has 1 fully saturated rings. The van der Waals surface area contributed by atoms with Crippen LogP contribution in [0.4, 0.5) is 4.39 Å². The number of likely N-dealkylation sites (tertiary alicyclic amines) is 1. The highest BCUT2D eigenvalue weighted by Gasteiger charge is 2.28. The third kappa shape index (κ3) is 3.56. The molecule has 1 aliphatic rings. The summed E-state index contributed by atoms with van der Waals surface area (Å²) in [5, 5.41) is 3.96. The fourth-order valence-corrected chi connectivity index (χ4v) is 2.74. The average Bonchev–Trinajstić information content (AvgIpc) is 3.06. The number of rotatable bonds is 4. The highest BCUT2D eigenvalue weighted by atomic mass is 19.1. The summed E-state index contributed by atoms with van der Waals surface area (Å²) in [6.07, 6.45) is 1.77. The summed E-state index contributed by atoms with van der Waals surface area (Å²) < 4.78 is 23.2. The summed E-state index contributed by atoms with van der Waals surface area (Å²) in [5.41, 5.74) is 0.699. The van der Waals surface area contributed by atoms with Crippen molar-refractivity contribution in [3.05, 3.63) is 36.0 Å². The van der Waals surface area contributed by atoms with Gasteiger partial charge in [-0.25, -0.2) is 4.39 Å². The molecule has 0 aliphatic carbocycles. The van der Waals surface area contributed by atoms with Gasteiger partial charge in [-0.15, -0.1) is 0 Å². The number of halogens is 1. The second-order valence-electron chi connectivity index (χ2n) is 5.58. The van der Waals surface area contributed by atoms with E-state index in [1.54, 1.807) is 17.0 Å². The first-order valence-corrected chi connectivity index (χ1v) is 7.53. The quantitative estimate of drug-likeness (QED) is 0.864. The number of piperidine rings is 1. The second kappa shape index (κ2) is 6.87. The standard InChI is InChI=1S/C16H18FN3O3/c1-22-10-14(21)20-8-2-3-12(9-20)16-18-15(19-23-16)11-4-6-13(17)7-5-11/h4-7,12H,2-3,8-10H2,1H3. The third-order valence-electron chi connectivity index (χ3n) is 3.94. The van der Waals surface area contributed by atoms with E-state index in [4.69, 9.17) is 9.26 Å². The van der Waals surface area contributed by atoms with Gasteiger partial charge < -0.3 is 14.2 Å². The van der Waals surface area contributed by atoms with Gasteiger partial charge in [0, 0.05) is 25.8 Å². The molecular weight excluding hydrogens is 301 g/mol. The molecule has 3 rings (SSSR count). The van der Waals surface area contributed by atoms with E-state index < -0.39 is 0 Å². The molecule has 0 saturated carbocycles. The van der Waals surface area contributed by atoms with Crippen molar-refractivity contribution in [3.63, 3.8) is 0 Å². The van der Waals surface area contributed by atoms with Crippen molar-refractivity contribution in [1.82, 2.24) is 15.0 Å². The Bertz CT molecular complexity index is 671. The van der Waals surface area contributed by atoms with Crippen LogP contribution in [-0.2, 0) is 9.53 Å². The largest absolute Gasteiger partial charge is 0.375 e. The van der Waals surface area contributed by atoms with E-state index in [9.17, 15) is 9.18 Å². The van der Waals surface area contributed by atoms with Crippen LogP contribution < -0.4 is 0 Å². The summed E-state index contributed by atoms with van der Waals surface area (Å²) in [6.45, 7) is 1.35. The number of benzene rings is 1. The Morgan fingerprint density at radius 3 is 2.96 bits per heavy atom. The van der Waals surface area contributed by atoms with E-state index in [0.717, 1.165) is 19.4 Å². The first-order chi connectivity index (χ1) is 11.2. The topological polar surface area (TPSA) is 68.5 Å². The number of hydrogen-bond donors (Lipinski definition) is 0. The maximum atomic E-state index is 13.0. The number of carbonyl (C=O) groups excluding carboxylic acids is 1. The van der Waals surface area contributed by atoms with Crippen LogP contribution in [0.15, 0.2) is 28.8 Å². The number of amides is 1. The lowest BCUT2D eigenvalue weighted by molar-refractivity contribution is -0.136. The lowest BCUT2D eigenvalue weighted by Crippen LogP contribution is -2.40. The smallest absolute Gasteiger partial charge is 0.248 e.